The maximum absolute atomic E-state index is 12.7. The highest BCUT2D eigenvalue weighted by Crippen LogP contribution is 2.25. The molecule has 25 heavy (non-hydrogen) atoms. The van der Waals surface area contributed by atoms with Crippen molar-refractivity contribution in [2.45, 2.75) is 31.7 Å². The zero-order valence-electron chi connectivity index (χ0n) is 15.0. The lowest BCUT2D eigenvalue weighted by Crippen LogP contribution is -2.41. The number of carbonyl (C=O) groups excluding carboxylic acids is 2. The van der Waals surface area contributed by atoms with Crippen LogP contribution in [0.25, 0.3) is 0 Å². The molecular formula is C19H27N3O3. The highest BCUT2D eigenvalue weighted by molar-refractivity contribution is 5.89. The second-order valence-corrected chi connectivity index (χ2v) is 6.97. The predicted molar refractivity (Wildman–Crippen MR) is 94.6 cm³/mol. The molecule has 1 saturated heterocycles. The number of hydrogen-bond donors (Lipinski definition) is 1. The molecule has 0 spiro atoms. The molecule has 2 amide bonds. The van der Waals surface area contributed by atoms with Crippen LogP contribution in [0.4, 0.5) is 0 Å². The van der Waals surface area contributed by atoms with E-state index in [1.54, 1.807) is 19.1 Å². The minimum absolute atomic E-state index is 0.0347. The molecule has 1 N–H and O–H groups in total. The van der Waals surface area contributed by atoms with Gasteiger partial charge in [0.15, 0.2) is 0 Å². The number of nitrogens with zero attached hydrogens (tertiary/aromatic N) is 2. The maximum atomic E-state index is 12.7. The number of fused-ring (bicyclic) bond motifs is 1. The number of hydroxylamine groups is 2. The normalized spacial score (nSPS) is 22.4. The molecule has 6 heteroatoms. The van der Waals surface area contributed by atoms with Crippen molar-refractivity contribution in [3.8, 4) is 0 Å². The Balaban J connectivity index is 1.66. The molecule has 1 unspecified atom stereocenters. The van der Waals surface area contributed by atoms with Gasteiger partial charge in [0.2, 0.25) is 11.8 Å². The maximum Gasteiger partial charge on any atom is 0.249 e. The van der Waals surface area contributed by atoms with Crippen LogP contribution < -0.4 is 5.32 Å². The van der Waals surface area contributed by atoms with E-state index in [4.69, 9.17) is 4.84 Å². The lowest BCUT2D eigenvalue weighted by molar-refractivity contribution is -0.150. The zero-order chi connectivity index (χ0) is 17.8. The molecule has 0 aliphatic carbocycles. The molecule has 0 saturated carbocycles. The van der Waals surface area contributed by atoms with E-state index in [9.17, 15) is 9.59 Å². The summed E-state index contributed by atoms with van der Waals surface area (Å²) >= 11 is 0. The summed E-state index contributed by atoms with van der Waals surface area (Å²) in [4.78, 5) is 32.2. The Morgan fingerprint density at radius 2 is 1.96 bits per heavy atom. The summed E-state index contributed by atoms with van der Waals surface area (Å²) in [5.74, 6) is 0.270. The van der Waals surface area contributed by atoms with Gasteiger partial charge in [-0.25, -0.2) is 0 Å². The van der Waals surface area contributed by atoms with Crippen LogP contribution in [0.3, 0.4) is 0 Å². The molecule has 0 radical (unpaired) electrons. The van der Waals surface area contributed by atoms with Crippen LogP contribution in [-0.2, 0) is 20.8 Å². The van der Waals surface area contributed by atoms with E-state index in [2.05, 4.69) is 5.32 Å². The van der Waals surface area contributed by atoms with E-state index in [0.717, 1.165) is 43.5 Å². The van der Waals surface area contributed by atoms with Gasteiger partial charge in [0.25, 0.3) is 0 Å². The molecular weight excluding hydrogens is 318 g/mol. The second-order valence-electron chi connectivity index (χ2n) is 6.97. The molecule has 0 aromatic heterocycles. The van der Waals surface area contributed by atoms with Crippen LogP contribution in [0.2, 0.25) is 0 Å². The Morgan fingerprint density at radius 1 is 1.24 bits per heavy atom. The smallest absolute Gasteiger partial charge is 0.249 e. The summed E-state index contributed by atoms with van der Waals surface area (Å²) in [6, 6.07) is 7.33. The fraction of sp³-hybridized carbons (Fsp3) is 0.579. The highest BCUT2D eigenvalue weighted by Gasteiger charge is 2.31. The molecule has 1 aromatic carbocycles. The van der Waals surface area contributed by atoms with Gasteiger partial charge in [0, 0.05) is 33.1 Å². The standard InChI is InChI=1S/C19H27N3O3/c1-21-10-9-15-5-3-4-6-16(15)18(19(21)24)20-17(23)13-14-7-11-22(25-2)12-8-14/h3-6,14,18H,7-13H2,1-2H3,(H,20,23). The van der Waals surface area contributed by atoms with Crippen LogP contribution in [-0.4, -0.2) is 55.6 Å². The predicted octanol–water partition coefficient (Wildman–Crippen LogP) is 1.52. The van der Waals surface area contributed by atoms with E-state index in [0.29, 0.717) is 18.9 Å². The number of rotatable bonds is 4. The SMILES string of the molecule is CON1CCC(CC(=O)NC2C(=O)N(C)CCc3ccccc32)CC1. The molecule has 0 bridgehead atoms. The third-order valence-corrected chi connectivity index (χ3v) is 5.32. The van der Waals surface area contributed by atoms with E-state index in [1.165, 1.54) is 0 Å². The van der Waals surface area contributed by atoms with Crippen LogP contribution in [0.15, 0.2) is 24.3 Å². The van der Waals surface area contributed by atoms with Crippen molar-refractivity contribution < 1.29 is 14.4 Å². The molecule has 1 atom stereocenters. The summed E-state index contributed by atoms with van der Waals surface area (Å²) in [6.45, 7) is 2.38. The van der Waals surface area contributed by atoms with Crippen LogP contribution in [0.5, 0.6) is 0 Å². The van der Waals surface area contributed by atoms with E-state index in [1.807, 2.05) is 29.3 Å². The summed E-state index contributed by atoms with van der Waals surface area (Å²) in [5, 5.41) is 4.92. The van der Waals surface area contributed by atoms with Gasteiger partial charge < -0.3 is 15.1 Å². The van der Waals surface area contributed by atoms with E-state index in [-0.39, 0.29) is 11.8 Å². The molecule has 1 aromatic rings. The summed E-state index contributed by atoms with van der Waals surface area (Å²) < 4.78 is 0. The summed E-state index contributed by atoms with van der Waals surface area (Å²) in [7, 11) is 3.48. The van der Waals surface area contributed by atoms with Gasteiger partial charge in [0.1, 0.15) is 6.04 Å². The number of likely N-dealkylation sites (N-methyl/N-ethyl adjacent to an activating group) is 1. The minimum Gasteiger partial charge on any atom is -0.343 e. The first-order chi connectivity index (χ1) is 12.1. The molecule has 2 aliphatic rings. The number of piperidine rings is 1. The topological polar surface area (TPSA) is 61.9 Å². The molecule has 1 fully saturated rings. The number of hydrogen-bond acceptors (Lipinski definition) is 4. The van der Waals surface area contributed by atoms with Gasteiger partial charge in [-0.05, 0) is 36.3 Å². The average Bonchev–Trinajstić information content (AvgIpc) is 2.75. The van der Waals surface area contributed by atoms with Crippen molar-refractivity contribution in [3.63, 3.8) is 0 Å². The van der Waals surface area contributed by atoms with Gasteiger partial charge in [-0.2, -0.15) is 5.06 Å². The minimum atomic E-state index is -0.574. The Morgan fingerprint density at radius 3 is 2.68 bits per heavy atom. The first kappa shape index (κ1) is 17.9. The summed E-state index contributed by atoms with van der Waals surface area (Å²) in [5.41, 5.74) is 2.07. The van der Waals surface area contributed by atoms with Gasteiger partial charge in [-0.3, -0.25) is 9.59 Å². The van der Waals surface area contributed by atoms with Gasteiger partial charge in [-0.15, -0.1) is 0 Å². The van der Waals surface area contributed by atoms with Crippen molar-refractivity contribution >= 4 is 11.8 Å². The number of amides is 2. The number of benzene rings is 1. The van der Waals surface area contributed by atoms with Crippen molar-refractivity contribution in [3.05, 3.63) is 35.4 Å². The van der Waals surface area contributed by atoms with Crippen molar-refractivity contribution in [2.24, 2.45) is 5.92 Å². The largest absolute Gasteiger partial charge is 0.343 e. The lowest BCUT2D eigenvalue weighted by Gasteiger charge is -2.30. The highest BCUT2D eigenvalue weighted by atomic mass is 16.7. The number of carbonyl (C=O) groups is 2. The Bertz CT molecular complexity index is 626. The average molecular weight is 345 g/mol. The van der Waals surface area contributed by atoms with E-state index < -0.39 is 6.04 Å². The second kappa shape index (κ2) is 7.97. The molecule has 6 nitrogen and oxygen atoms in total. The molecule has 2 aliphatic heterocycles. The quantitative estimate of drug-likeness (QED) is 0.899. The third-order valence-electron chi connectivity index (χ3n) is 5.32. The van der Waals surface area contributed by atoms with Crippen LogP contribution in [0.1, 0.15) is 36.4 Å². The molecule has 3 rings (SSSR count). The fourth-order valence-electron chi connectivity index (χ4n) is 3.71. The summed E-state index contributed by atoms with van der Waals surface area (Å²) in [6.07, 6.45) is 3.17. The van der Waals surface area contributed by atoms with E-state index >= 15 is 0 Å². The Hall–Kier alpha value is -1.92. The monoisotopic (exact) mass is 345 g/mol. The van der Waals surface area contributed by atoms with Gasteiger partial charge >= 0.3 is 0 Å². The molecule has 136 valence electrons. The van der Waals surface area contributed by atoms with Crippen LogP contribution in [0, 0.1) is 5.92 Å². The van der Waals surface area contributed by atoms with Gasteiger partial charge in [0.05, 0.1) is 7.11 Å². The zero-order valence-corrected chi connectivity index (χ0v) is 15.0. The Labute approximate surface area is 149 Å². The van der Waals surface area contributed by atoms with Crippen molar-refractivity contribution in [1.82, 2.24) is 15.3 Å². The molecule has 2 heterocycles. The Kier molecular flexibility index (Phi) is 5.71. The van der Waals surface area contributed by atoms with Crippen LogP contribution >= 0.6 is 0 Å². The van der Waals surface area contributed by atoms with Crippen molar-refractivity contribution in [2.75, 3.05) is 33.8 Å². The first-order valence-electron chi connectivity index (χ1n) is 8.99. The number of nitrogens with one attached hydrogen (secondary N) is 1. The van der Waals surface area contributed by atoms with Crippen molar-refractivity contribution in [1.29, 1.82) is 0 Å². The lowest BCUT2D eigenvalue weighted by atomic mass is 9.93. The third kappa shape index (κ3) is 4.19. The first-order valence-corrected chi connectivity index (χ1v) is 8.99. The fourth-order valence-corrected chi connectivity index (χ4v) is 3.71. The van der Waals surface area contributed by atoms with Gasteiger partial charge in [-0.1, -0.05) is 24.3 Å².